The maximum Gasteiger partial charge on any atom is 0.241 e. The van der Waals surface area contributed by atoms with Crippen molar-refractivity contribution in [2.24, 2.45) is 0 Å². The van der Waals surface area contributed by atoms with E-state index in [2.05, 4.69) is 9.71 Å². The fraction of sp³-hybridized carbons (Fsp3) is 0.150. The molecule has 0 spiro atoms. The zero-order chi connectivity index (χ0) is 20.3. The van der Waals surface area contributed by atoms with Gasteiger partial charge in [0.05, 0.1) is 4.90 Å². The van der Waals surface area contributed by atoms with E-state index in [1.54, 1.807) is 24.3 Å². The number of ether oxygens (including phenoxy) is 3. The lowest BCUT2D eigenvalue weighted by Gasteiger charge is -2.18. The second kappa shape index (κ2) is 8.06. The molecular weight excluding hydrogens is 399 g/mol. The molecule has 7 nitrogen and oxygen atoms in total. The molecule has 0 saturated heterocycles. The lowest BCUT2D eigenvalue weighted by atomic mass is 10.3. The van der Waals surface area contributed by atoms with Gasteiger partial charge in [0.25, 0.3) is 0 Å². The van der Waals surface area contributed by atoms with Crippen LogP contribution < -0.4 is 18.9 Å². The molecule has 0 saturated carbocycles. The van der Waals surface area contributed by atoms with E-state index in [9.17, 15) is 12.8 Å². The summed E-state index contributed by atoms with van der Waals surface area (Å²) in [4.78, 5) is 4.20. The van der Waals surface area contributed by atoms with Gasteiger partial charge in [-0.25, -0.2) is 22.5 Å². The van der Waals surface area contributed by atoms with Crippen molar-refractivity contribution < 1.29 is 27.0 Å². The molecule has 1 aliphatic rings. The van der Waals surface area contributed by atoms with E-state index in [1.807, 2.05) is 0 Å². The number of pyridine rings is 1. The number of halogens is 1. The first kappa shape index (κ1) is 19.2. The Morgan fingerprint density at radius 3 is 2.62 bits per heavy atom. The lowest BCUT2D eigenvalue weighted by Crippen LogP contribution is -2.24. The van der Waals surface area contributed by atoms with Gasteiger partial charge in [-0.15, -0.1) is 0 Å². The van der Waals surface area contributed by atoms with Crippen molar-refractivity contribution in [3.05, 3.63) is 72.2 Å². The van der Waals surface area contributed by atoms with Crippen molar-refractivity contribution in [1.82, 2.24) is 9.71 Å². The van der Waals surface area contributed by atoms with Crippen molar-refractivity contribution in [2.75, 3.05) is 13.2 Å². The highest BCUT2D eigenvalue weighted by Gasteiger charge is 2.19. The van der Waals surface area contributed by atoms with Gasteiger partial charge in [-0.3, -0.25) is 0 Å². The van der Waals surface area contributed by atoms with Gasteiger partial charge in [0.15, 0.2) is 11.5 Å². The molecule has 0 aliphatic carbocycles. The van der Waals surface area contributed by atoms with Gasteiger partial charge in [0.1, 0.15) is 24.8 Å². The average Bonchev–Trinajstić information content (AvgIpc) is 2.73. The van der Waals surface area contributed by atoms with Crippen LogP contribution in [0.4, 0.5) is 4.39 Å². The highest BCUT2D eigenvalue weighted by Crippen LogP contribution is 2.32. The Hall–Kier alpha value is -3.17. The highest BCUT2D eigenvalue weighted by atomic mass is 32.2. The molecule has 0 fully saturated rings. The predicted octanol–water partition coefficient (Wildman–Crippen LogP) is 3.26. The smallest absolute Gasteiger partial charge is 0.241 e. The molecule has 3 aromatic rings. The molecule has 1 N–H and O–H groups in total. The SMILES string of the molecule is O=S(=O)(NCc1ccc(Oc2cccc(F)c2)nc1)c1ccc2c(c1)OCCO2. The van der Waals surface area contributed by atoms with Gasteiger partial charge < -0.3 is 14.2 Å². The van der Waals surface area contributed by atoms with Crippen LogP contribution in [0.15, 0.2) is 65.7 Å². The molecular formula is C20H17FN2O5S. The van der Waals surface area contributed by atoms with Gasteiger partial charge in [-0.05, 0) is 29.8 Å². The Bertz CT molecular complexity index is 1120. The number of hydrogen-bond donors (Lipinski definition) is 1. The number of aromatic nitrogens is 1. The Morgan fingerprint density at radius 1 is 1.03 bits per heavy atom. The monoisotopic (exact) mass is 416 g/mol. The minimum absolute atomic E-state index is 0.0457. The number of sulfonamides is 1. The van der Waals surface area contributed by atoms with Crippen LogP contribution in [0.5, 0.6) is 23.1 Å². The van der Waals surface area contributed by atoms with Crippen molar-refractivity contribution in [3.8, 4) is 23.1 Å². The van der Waals surface area contributed by atoms with Crippen molar-refractivity contribution >= 4 is 10.0 Å². The molecule has 29 heavy (non-hydrogen) atoms. The van der Waals surface area contributed by atoms with Gasteiger partial charge in [0.2, 0.25) is 15.9 Å². The van der Waals surface area contributed by atoms with Crippen LogP contribution in [0.1, 0.15) is 5.56 Å². The first-order valence-electron chi connectivity index (χ1n) is 8.77. The molecule has 9 heteroatoms. The van der Waals surface area contributed by atoms with Crippen LogP contribution in [0.25, 0.3) is 0 Å². The first-order chi connectivity index (χ1) is 14.0. The van der Waals surface area contributed by atoms with Crippen LogP contribution in [-0.2, 0) is 16.6 Å². The second-order valence-electron chi connectivity index (χ2n) is 6.19. The van der Waals surface area contributed by atoms with E-state index in [1.165, 1.54) is 36.5 Å². The molecule has 0 atom stereocenters. The van der Waals surface area contributed by atoms with Crippen molar-refractivity contribution in [3.63, 3.8) is 0 Å². The largest absolute Gasteiger partial charge is 0.486 e. The molecule has 2 heterocycles. The van der Waals surface area contributed by atoms with E-state index in [0.717, 1.165) is 0 Å². The third-order valence-corrected chi connectivity index (χ3v) is 5.51. The summed E-state index contributed by atoms with van der Waals surface area (Å²) in [7, 11) is -3.74. The molecule has 0 radical (unpaired) electrons. The lowest BCUT2D eigenvalue weighted by molar-refractivity contribution is 0.171. The maximum atomic E-state index is 13.2. The number of nitrogens with zero attached hydrogens (tertiary/aromatic N) is 1. The topological polar surface area (TPSA) is 86.8 Å². The van der Waals surface area contributed by atoms with E-state index < -0.39 is 15.8 Å². The summed E-state index contributed by atoms with van der Waals surface area (Å²) < 4.78 is 57.1. The van der Waals surface area contributed by atoms with Crippen LogP contribution in [-0.4, -0.2) is 26.6 Å². The Balaban J connectivity index is 1.40. The summed E-state index contributed by atoms with van der Waals surface area (Å²) in [6, 6.07) is 13.4. The molecule has 0 unspecified atom stereocenters. The average molecular weight is 416 g/mol. The minimum atomic E-state index is -3.74. The maximum absolute atomic E-state index is 13.2. The number of hydrogen-bond acceptors (Lipinski definition) is 6. The van der Waals surface area contributed by atoms with Crippen LogP contribution in [0.3, 0.4) is 0 Å². The molecule has 4 rings (SSSR count). The normalized spacial score (nSPS) is 13.1. The van der Waals surface area contributed by atoms with E-state index in [-0.39, 0.29) is 17.3 Å². The summed E-state index contributed by atoms with van der Waals surface area (Å²) >= 11 is 0. The molecule has 150 valence electrons. The second-order valence-corrected chi connectivity index (χ2v) is 7.96. The minimum Gasteiger partial charge on any atom is -0.486 e. The zero-order valence-corrected chi connectivity index (χ0v) is 16.0. The van der Waals surface area contributed by atoms with Crippen LogP contribution in [0, 0.1) is 5.82 Å². The summed E-state index contributed by atoms with van der Waals surface area (Å²) in [5.74, 6) is 1.11. The number of rotatable bonds is 6. The van der Waals surface area contributed by atoms with E-state index in [4.69, 9.17) is 14.2 Å². The fourth-order valence-electron chi connectivity index (χ4n) is 2.68. The number of benzene rings is 2. The highest BCUT2D eigenvalue weighted by molar-refractivity contribution is 7.89. The molecule has 1 aliphatic heterocycles. The third-order valence-electron chi connectivity index (χ3n) is 4.11. The Morgan fingerprint density at radius 2 is 1.86 bits per heavy atom. The fourth-order valence-corrected chi connectivity index (χ4v) is 3.71. The molecule has 2 aromatic carbocycles. The first-order valence-corrected chi connectivity index (χ1v) is 10.3. The van der Waals surface area contributed by atoms with Gasteiger partial charge in [-0.2, -0.15) is 0 Å². The summed E-state index contributed by atoms with van der Waals surface area (Å²) in [6.45, 7) is 0.854. The Kier molecular flexibility index (Phi) is 5.32. The van der Waals surface area contributed by atoms with E-state index in [0.29, 0.717) is 36.0 Å². The van der Waals surface area contributed by atoms with Gasteiger partial charge >= 0.3 is 0 Å². The van der Waals surface area contributed by atoms with Crippen LogP contribution >= 0.6 is 0 Å². The molecule has 0 bridgehead atoms. The number of nitrogens with one attached hydrogen (secondary N) is 1. The number of fused-ring (bicyclic) bond motifs is 1. The summed E-state index contributed by atoms with van der Waals surface area (Å²) in [5.41, 5.74) is 0.637. The molecule has 0 amide bonds. The quantitative estimate of drug-likeness (QED) is 0.664. The zero-order valence-electron chi connectivity index (χ0n) is 15.2. The summed E-state index contributed by atoms with van der Waals surface area (Å²) in [6.07, 6.45) is 1.49. The summed E-state index contributed by atoms with van der Waals surface area (Å²) in [5, 5.41) is 0. The van der Waals surface area contributed by atoms with Crippen molar-refractivity contribution in [1.29, 1.82) is 0 Å². The Labute approximate surface area is 167 Å². The molecule has 1 aromatic heterocycles. The van der Waals surface area contributed by atoms with Crippen molar-refractivity contribution in [2.45, 2.75) is 11.4 Å². The standard InChI is InChI=1S/C20H17FN2O5S/c21-15-2-1-3-16(10-15)28-20-7-4-14(12-22-20)13-23-29(24,25)17-5-6-18-19(11-17)27-9-8-26-18/h1-7,10-12,23H,8-9,13H2. The predicted molar refractivity (Wildman–Crippen MR) is 102 cm³/mol. The van der Waals surface area contributed by atoms with Crippen LogP contribution in [0.2, 0.25) is 0 Å². The van der Waals surface area contributed by atoms with Gasteiger partial charge in [0, 0.05) is 30.9 Å². The van der Waals surface area contributed by atoms with E-state index >= 15 is 0 Å². The van der Waals surface area contributed by atoms with Gasteiger partial charge in [-0.1, -0.05) is 12.1 Å². The third kappa shape index (κ3) is 4.64.